The second-order valence-corrected chi connectivity index (χ2v) is 4.26. The van der Waals surface area contributed by atoms with Gasteiger partial charge in [-0.25, -0.2) is 0 Å². The first-order valence-electron chi connectivity index (χ1n) is 5.38. The van der Waals surface area contributed by atoms with Crippen LogP contribution in [0.5, 0.6) is 0 Å². The van der Waals surface area contributed by atoms with Gasteiger partial charge in [0.1, 0.15) is 0 Å². The molecule has 0 radical (unpaired) electrons. The molecule has 1 aliphatic heterocycles. The van der Waals surface area contributed by atoms with Gasteiger partial charge in [0, 0.05) is 25.5 Å². The molecule has 17 heavy (non-hydrogen) atoms. The van der Waals surface area contributed by atoms with Gasteiger partial charge in [0.25, 0.3) is 0 Å². The second kappa shape index (κ2) is 4.08. The summed E-state index contributed by atoms with van der Waals surface area (Å²) in [6.07, 6.45) is 0.421. The Kier molecular flexibility index (Phi) is 2.75. The molecule has 90 valence electrons. The van der Waals surface area contributed by atoms with E-state index in [1.165, 1.54) is 0 Å². The number of carbonyl (C=O) groups excluding carboxylic acids is 2. The molecule has 2 rings (SSSR count). The SMILES string of the molecule is CN(CC(N)=O)c1ccc2c(c1)CC(=O)N2C. The zero-order valence-electron chi connectivity index (χ0n) is 9.93. The Morgan fingerprint density at radius 2 is 2.24 bits per heavy atom. The molecular formula is C12H15N3O2. The van der Waals surface area contributed by atoms with Crippen LogP contribution in [0.4, 0.5) is 11.4 Å². The van der Waals surface area contributed by atoms with Gasteiger partial charge < -0.3 is 15.5 Å². The van der Waals surface area contributed by atoms with Crippen LogP contribution < -0.4 is 15.5 Å². The smallest absolute Gasteiger partial charge is 0.236 e. The highest BCUT2D eigenvalue weighted by molar-refractivity contribution is 6.01. The average Bonchev–Trinajstić information content (AvgIpc) is 2.53. The molecule has 0 unspecified atom stereocenters. The first-order valence-corrected chi connectivity index (χ1v) is 5.38. The fourth-order valence-electron chi connectivity index (χ4n) is 2.02. The molecule has 1 aromatic rings. The lowest BCUT2D eigenvalue weighted by atomic mass is 10.1. The van der Waals surface area contributed by atoms with Crippen LogP contribution in [0, 0.1) is 0 Å². The molecule has 0 saturated heterocycles. The number of nitrogens with two attached hydrogens (primary N) is 1. The van der Waals surface area contributed by atoms with Gasteiger partial charge in [0.05, 0.1) is 13.0 Å². The third-order valence-corrected chi connectivity index (χ3v) is 2.97. The van der Waals surface area contributed by atoms with Gasteiger partial charge in [-0.15, -0.1) is 0 Å². The van der Waals surface area contributed by atoms with Crippen LogP contribution in [0.25, 0.3) is 0 Å². The van der Waals surface area contributed by atoms with E-state index in [0.717, 1.165) is 16.9 Å². The number of likely N-dealkylation sites (N-methyl/N-ethyl adjacent to an activating group) is 2. The maximum atomic E-state index is 11.5. The Morgan fingerprint density at radius 1 is 1.53 bits per heavy atom. The minimum Gasteiger partial charge on any atom is -0.368 e. The fourth-order valence-corrected chi connectivity index (χ4v) is 2.02. The van der Waals surface area contributed by atoms with E-state index in [-0.39, 0.29) is 18.4 Å². The Morgan fingerprint density at radius 3 is 2.88 bits per heavy atom. The Balaban J connectivity index is 2.27. The Labute approximate surface area is 99.8 Å². The number of amides is 2. The summed E-state index contributed by atoms with van der Waals surface area (Å²) in [4.78, 5) is 25.8. The van der Waals surface area contributed by atoms with Gasteiger partial charge in [0.15, 0.2) is 0 Å². The topological polar surface area (TPSA) is 66.6 Å². The number of carbonyl (C=O) groups is 2. The van der Waals surface area contributed by atoms with Crippen molar-refractivity contribution in [2.45, 2.75) is 6.42 Å². The highest BCUT2D eigenvalue weighted by Gasteiger charge is 2.24. The van der Waals surface area contributed by atoms with Crippen molar-refractivity contribution >= 4 is 23.2 Å². The number of hydrogen-bond donors (Lipinski definition) is 1. The molecule has 1 aliphatic rings. The van der Waals surface area contributed by atoms with E-state index in [2.05, 4.69) is 0 Å². The van der Waals surface area contributed by atoms with Crippen LogP contribution in [0.2, 0.25) is 0 Å². The number of rotatable bonds is 3. The summed E-state index contributed by atoms with van der Waals surface area (Å²) in [5.41, 5.74) is 7.97. The Hall–Kier alpha value is -2.04. The quantitative estimate of drug-likeness (QED) is 0.806. The summed E-state index contributed by atoms with van der Waals surface area (Å²) in [7, 11) is 3.56. The number of anilines is 2. The van der Waals surface area contributed by atoms with Gasteiger partial charge in [-0.1, -0.05) is 0 Å². The van der Waals surface area contributed by atoms with Crippen LogP contribution >= 0.6 is 0 Å². The highest BCUT2D eigenvalue weighted by Crippen LogP contribution is 2.30. The Bertz CT molecular complexity index is 485. The van der Waals surface area contributed by atoms with Gasteiger partial charge >= 0.3 is 0 Å². The van der Waals surface area contributed by atoms with E-state index < -0.39 is 0 Å². The van der Waals surface area contributed by atoms with Crippen LogP contribution in [0.3, 0.4) is 0 Å². The summed E-state index contributed by atoms with van der Waals surface area (Å²) in [6, 6.07) is 5.71. The summed E-state index contributed by atoms with van der Waals surface area (Å²) < 4.78 is 0. The van der Waals surface area contributed by atoms with Gasteiger partial charge in [0.2, 0.25) is 11.8 Å². The molecule has 1 heterocycles. The number of fused-ring (bicyclic) bond motifs is 1. The van der Waals surface area contributed by atoms with E-state index >= 15 is 0 Å². The molecule has 0 aliphatic carbocycles. The van der Waals surface area contributed by atoms with Crippen molar-refractivity contribution in [3.63, 3.8) is 0 Å². The van der Waals surface area contributed by atoms with Crippen molar-refractivity contribution in [1.29, 1.82) is 0 Å². The normalized spacial score (nSPS) is 13.8. The third kappa shape index (κ3) is 2.08. The standard InChI is InChI=1S/C12H15N3O2/c1-14(7-11(13)16)9-3-4-10-8(5-9)6-12(17)15(10)2/h3-5H,6-7H2,1-2H3,(H2,13,16). The van der Waals surface area contributed by atoms with E-state index in [0.29, 0.717) is 6.42 Å². The molecule has 0 atom stereocenters. The van der Waals surface area contributed by atoms with Gasteiger partial charge in [-0.3, -0.25) is 9.59 Å². The number of nitrogens with zero attached hydrogens (tertiary/aromatic N) is 2. The number of hydrogen-bond acceptors (Lipinski definition) is 3. The highest BCUT2D eigenvalue weighted by atomic mass is 16.2. The van der Waals surface area contributed by atoms with Crippen molar-refractivity contribution in [2.24, 2.45) is 5.73 Å². The van der Waals surface area contributed by atoms with Crippen LogP contribution in [-0.2, 0) is 16.0 Å². The molecule has 0 aromatic heterocycles. The monoisotopic (exact) mass is 233 g/mol. The van der Waals surface area contributed by atoms with Crippen molar-refractivity contribution in [3.05, 3.63) is 23.8 Å². The summed E-state index contributed by atoms with van der Waals surface area (Å²) in [5, 5.41) is 0. The van der Waals surface area contributed by atoms with E-state index in [1.54, 1.807) is 23.9 Å². The largest absolute Gasteiger partial charge is 0.368 e. The minimum absolute atomic E-state index is 0.0923. The van der Waals surface area contributed by atoms with E-state index in [1.807, 2.05) is 18.2 Å². The average molecular weight is 233 g/mol. The lowest BCUT2D eigenvalue weighted by Crippen LogP contribution is -2.30. The van der Waals surface area contributed by atoms with Crippen molar-refractivity contribution < 1.29 is 9.59 Å². The molecule has 2 N–H and O–H groups in total. The molecule has 5 heteroatoms. The molecule has 0 fully saturated rings. The lowest BCUT2D eigenvalue weighted by Gasteiger charge is -2.18. The van der Waals surface area contributed by atoms with Crippen LogP contribution in [0.1, 0.15) is 5.56 Å². The van der Waals surface area contributed by atoms with Gasteiger partial charge in [-0.2, -0.15) is 0 Å². The van der Waals surface area contributed by atoms with Crippen molar-refractivity contribution in [1.82, 2.24) is 0 Å². The molecule has 0 bridgehead atoms. The summed E-state index contributed by atoms with van der Waals surface area (Å²) in [5.74, 6) is -0.282. The minimum atomic E-state index is -0.374. The summed E-state index contributed by atoms with van der Waals surface area (Å²) >= 11 is 0. The van der Waals surface area contributed by atoms with E-state index in [9.17, 15) is 9.59 Å². The molecular weight excluding hydrogens is 218 g/mol. The molecule has 0 spiro atoms. The molecule has 1 aromatic carbocycles. The summed E-state index contributed by atoms with van der Waals surface area (Å²) in [6.45, 7) is 0.169. The maximum Gasteiger partial charge on any atom is 0.236 e. The molecule has 2 amide bonds. The zero-order valence-corrected chi connectivity index (χ0v) is 9.93. The molecule has 0 saturated carbocycles. The molecule has 5 nitrogen and oxygen atoms in total. The second-order valence-electron chi connectivity index (χ2n) is 4.26. The lowest BCUT2D eigenvalue weighted by molar-refractivity contribution is -0.117. The van der Waals surface area contributed by atoms with Gasteiger partial charge in [-0.05, 0) is 23.8 Å². The van der Waals surface area contributed by atoms with Crippen molar-refractivity contribution in [2.75, 3.05) is 30.4 Å². The first-order chi connectivity index (χ1) is 7.99. The predicted molar refractivity (Wildman–Crippen MR) is 66.0 cm³/mol. The number of primary amides is 1. The number of benzene rings is 1. The predicted octanol–water partition coefficient (Wildman–Crippen LogP) is 0.127. The first kappa shape index (κ1) is 11.4. The third-order valence-electron chi connectivity index (χ3n) is 2.97. The maximum absolute atomic E-state index is 11.5. The van der Waals surface area contributed by atoms with E-state index in [4.69, 9.17) is 5.73 Å². The van der Waals surface area contributed by atoms with Crippen molar-refractivity contribution in [3.8, 4) is 0 Å². The zero-order chi connectivity index (χ0) is 12.6. The van der Waals surface area contributed by atoms with Crippen LogP contribution in [-0.4, -0.2) is 32.5 Å². The fraction of sp³-hybridized carbons (Fsp3) is 0.333. The van der Waals surface area contributed by atoms with Crippen LogP contribution in [0.15, 0.2) is 18.2 Å².